The van der Waals surface area contributed by atoms with E-state index in [4.69, 9.17) is 0 Å². The van der Waals surface area contributed by atoms with Gasteiger partial charge < -0.3 is 15.5 Å². The number of benzene rings is 1. The Morgan fingerprint density at radius 1 is 1.00 bits per heavy atom. The Hall–Kier alpha value is -2.14. The molecule has 1 aliphatic rings. The first-order chi connectivity index (χ1) is 11.0. The van der Waals surface area contributed by atoms with Crippen molar-refractivity contribution < 1.29 is 9.59 Å². The average molecular weight is 315 g/mol. The second-order valence-electron chi connectivity index (χ2n) is 6.20. The third kappa shape index (κ3) is 6.24. The van der Waals surface area contributed by atoms with Crippen molar-refractivity contribution in [2.24, 2.45) is 0 Å². The fourth-order valence-corrected chi connectivity index (χ4v) is 2.60. The third-order valence-corrected chi connectivity index (χ3v) is 3.68. The molecule has 0 unspecified atom stereocenters. The molecule has 0 radical (unpaired) electrons. The minimum Gasteiger partial charge on any atom is -0.326 e. The summed E-state index contributed by atoms with van der Waals surface area (Å²) in [7, 11) is 3.69. The van der Waals surface area contributed by atoms with Crippen molar-refractivity contribution in [3.8, 4) is 0 Å². The number of hydrogen-bond acceptors (Lipinski definition) is 3. The summed E-state index contributed by atoms with van der Waals surface area (Å²) in [6.45, 7) is 0.341. The highest BCUT2D eigenvalue weighted by Crippen LogP contribution is 2.21. The Bertz CT molecular complexity index is 576. The van der Waals surface area contributed by atoms with E-state index in [0.717, 1.165) is 24.2 Å². The molecule has 2 rings (SSSR count). The summed E-state index contributed by atoms with van der Waals surface area (Å²) in [6.07, 6.45) is 7.19. The molecule has 23 heavy (non-hydrogen) atoms. The summed E-state index contributed by atoms with van der Waals surface area (Å²) in [5.41, 5.74) is 2.71. The summed E-state index contributed by atoms with van der Waals surface area (Å²) < 4.78 is 0. The molecule has 0 aliphatic heterocycles. The molecule has 0 saturated carbocycles. The van der Waals surface area contributed by atoms with Crippen molar-refractivity contribution in [1.82, 2.24) is 4.90 Å². The zero-order chi connectivity index (χ0) is 16.7. The monoisotopic (exact) mass is 315 g/mol. The highest BCUT2D eigenvalue weighted by Gasteiger charge is 2.09. The van der Waals surface area contributed by atoms with Crippen molar-refractivity contribution in [2.45, 2.75) is 32.1 Å². The molecule has 0 bridgehead atoms. The molecule has 0 fully saturated rings. The molecule has 0 atom stereocenters. The van der Waals surface area contributed by atoms with E-state index in [1.807, 2.05) is 19.0 Å². The van der Waals surface area contributed by atoms with Gasteiger partial charge in [0.1, 0.15) is 0 Å². The van der Waals surface area contributed by atoms with Crippen molar-refractivity contribution in [2.75, 3.05) is 31.3 Å². The Kier molecular flexibility index (Phi) is 6.35. The molecule has 1 aromatic rings. The van der Waals surface area contributed by atoms with E-state index in [0.29, 0.717) is 13.0 Å². The van der Waals surface area contributed by atoms with Gasteiger partial charge in [-0.3, -0.25) is 9.59 Å². The fourth-order valence-electron chi connectivity index (χ4n) is 2.60. The van der Waals surface area contributed by atoms with Gasteiger partial charge >= 0.3 is 0 Å². The highest BCUT2D eigenvalue weighted by molar-refractivity contribution is 5.94. The Labute approximate surface area is 137 Å². The first-order valence-electron chi connectivity index (χ1n) is 8.05. The SMILES string of the molecule is CN(C)CC(=O)Nc1ccc(NC(=O)CC2=CCCCC2)cc1. The molecule has 0 aromatic heterocycles. The second-order valence-corrected chi connectivity index (χ2v) is 6.20. The van der Waals surface area contributed by atoms with Gasteiger partial charge in [0, 0.05) is 17.8 Å². The Morgan fingerprint density at radius 3 is 2.13 bits per heavy atom. The molecule has 1 aromatic carbocycles. The number of rotatable bonds is 6. The number of likely N-dealkylation sites (N-methyl/N-ethyl adjacent to an activating group) is 1. The molecule has 2 N–H and O–H groups in total. The van der Waals surface area contributed by atoms with Gasteiger partial charge in [-0.1, -0.05) is 11.6 Å². The van der Waals surface area contributed by atoms with Crippen LogP contribution in [0.3, 0.4) is 0 Å². The van der Waals surface area contributed by atoms with Crippen LogP contribution in [0.5, 0.6) is 0 Å². The molecule has 0 heterocycles. The van der Waals surface area contributed by atoms with Crippen LogP contribution in [-0.2, 0) is 9.59 Å². The summed E-state index contributed by atoms with van der Waals surface area (Å²) in [5, 5.41) is 5.72. The van der Waals surface area contributed by atoms with Crippen molar-refractivity contribution in [3.63, 3.8) is 0 Å². The topological polar surface area (TPSA) is 61.4 Å². The molecular weight excluding hydrogens is 290 g/mol. The van der Waals surface area contributed by atoms with E-state index in [2.05, 4.69) is 16.7 Å². The van der Waals surface area contributed by atoms with Crippen molar-refractivity contribution >= 4 is 23.2 Å². The van der Waals surface area contributed by atoms with Gasteiger partial charge in [0.25, 0.3) is 0 Å². The van der Waals surface area contributed by atoms with Crippen LogP contribution in [0, 0.1) is 0 Å². The van der Waals surface area contributed by atoms with E-state index in [1.165, 1.54) is 18.4 Å². The van der Waals surface area contributed by atoms with Gasteiger partial charge in [-0.2, -0.15) is 0 Å². The zero-order valence-electron chi connectivity index (χ0n) is 13.9. The smallest absolute Gasteiger partial charge is 0.238 e. The predicted octanol–water partition coefficient (Wildman–Crippen LogP) is 3.02. The lowest BCUT2D eigenvalue weighted by Crippen LogP contribution is -2.27. The standard InChI is InChI=1S/C18H25N3O2/c1-21(2)13-18(23)20-16-10-8-15(9-11-16)19-17(22)12-14-6-4-3-5-7-14/h6,8-11H,3-5,7,12-13H2,1-2H3,(H,19,22)(H,20,23). The number of nitrogens with zero attached hydrogens (tertiary/aromatic N) is 1. The third-order valence-electron chi connectivity index (χ3n) is 3.68. The molecule has 124 valence electrons. The fraction of sp³-hybridized carbons (Fsp3) is 0.444. The molecule has 5 nitrogen and oxygen atoms in total. The number of carbonyl (C=O) groups is 2. The van der Waals surface area contributed by atoms with E-state index in [-0.39, 0.29) is 11.8 Å². The van der Waals surface area contributed by atoms with E-state index < -0.39 is 0 Å². The van der Waals surface area contributed by atoms with Crippen LogP contribution < -0.4 is 10.6 Å². The Morgan fingerprint density at radius 2 is 1.61 bits per heavy atom. The van der Waals surface area contributed by atoms with Crippen LogP contribution in [0.1, 0.15) is 32.1 Å². The van der Waals surface area contributed by atoms with Crippen LogP contribution in [0.25, 0.3) is 0 Å². The highest BCUT2D eigenvalue weighted by atomic mass is 16.2. The number of allylic oxidation sites excluding steroid dienone is 1. The van der Waals surface area contributed by atoms with Gasteiger partial charge in [0.15, 0.2) is 0 Å². The predicted molar refractivity (Wildman–Crippen MR) is 93.4 cm³/mol. The maximum Gasteiger partial charge on any atom is 0.238 e. The van der Waals surface area contributed by atoms with Gasteiger partial charge in [-0.15, -0.1) is 0 Å². The average Bonchev–Trinajstić information content (AvgIpc) is 2.49. The van der Waals surface area contributed by atoms with E-state index in [9.17, 15) is 9.59 Å². The lowest BCUT2D eigenvalue weighted by atomic mass is 9.97. The van der Waals surface area contributed by atoms with Crippen molar-refractivity contribution in [1.29, 1.82) is 0 Å². The van der Waals surface area contributed by atoms with Gasteiger partial charge in [-0.25, -0.2) is 0 Å². The number of amides is 2. The second kappa shape index (κ2) is 8.48. The molecular formula is C18H25N3O2. The van der Waals surface area contributed by atoms with E-state index in [1.54, 1.807) is 24.3 Å². The summed E-state index contributed by atoms with van der Waals surface area (Å²) in [5.74, 6) is -0.0430. The normalized spacial score (nSPS) is 14.3. The number of anilines is 2. The molecule has 0 spiro atoms. The zero-order valence-corrected chi connectivity index (χ0v) is 13.9. The number of nitrogens with one attached hydrogen (secondary N) is 2. The maximum absolute atomic E-state index is 12.0. The van der Waals surface area contributed by atoms with Gasteiger partial charge in [-0.05, 0) is 64.0 Å². The van der Waals surface area contributed by atoms with Gasteiger partial charge in [0.2, 0.25) is 11.8 Å². The first-order valence-corrected chi connectivity index (χ1v) is 8.05. The Balaban J connectivity index is 1.83. The van der Waals surface area contributed by atoms with Crippen LogP contribution in [-0.4, -0.2) is 37.4 Å². The first kappa shape index (κ1) is 17.2. The maximum atomic E-state index is 12.0. The molecule has 0 saturated heterocycles. The van der Waals surface area contributed by atoms with Crippen LogP contribution in [0.2, 0.25) is 0 Å². The van der Waals surface area contributed by atoms with Crippen molar-refractivity contribution in [3.05, 3.63) is 35.9 Å². The number of hydrogen-bond donors (Lipinski definition) is 2. The summed E-state index contributed by atoms with van der Waals surface area (Å²) >= 11 is 0. The quantitative estimate of drug-likeness (QED) is 0.793. The minimum atomic E-state index is -0.0592. The van der Waals surface area contributed by atoms with Crippen LogP contribution in [0.4, 0.5) is 11.4 Å². The van der Waals surface area contributed by atoms with Crippen LogP contribution in [0.15, 0.2) is 35.9 Å². The molecule has 5 heteroatoms. The summed E-state index contributed by atoms with van der Waals surface area (Å²) in [6, 6.07) is 7.20. The lowest BCUT2D eigenvalue weighted by Gasteiger charge is -2.13. The van der Waals surface area contributed by atoms with Gasteiger partial charge in [0.05, 0.1) is 6.54 Å². The lowest BCUT2D eigenvalue weighted by molar-refractivity contribution is -0.117. The number of carbonyl (C=O) groups excluding carboxylic acids is 2. The molecule has 2 amide bonds. The van der Waals surface area contributed by atoms with Crippen LogP contribution >= 0.6 is 0 Å². The summed E-state index contributed by atoms with van der Waals surface area (Å²) in [4.78, 5) is 25.5. The largest absolute Gasteiger partial charge is 0.326 e. The van der Waals surface area contributed by atoms with E-state index >= 15 is 0 Å². The molecule has 1 aliphatic carbocycles. The minimum absolute atomic E-state index is 0.0162.